The summed E-state index contributed by atoms with van der Waals surface area (Å²) in [4.78, 5) is 25.1. The van der Waals surface area contributed by atoms with Crippen LogP contribution in [0, 0.1) is 0 Å². The third kappa shape index (κ3) is 4.90. The van der Waals surface area contributed by atoms with Gasteiger partial charge in [-0.05, 0) is 44.2 Å². The Morgan fingerprint density at radius 3 is 2.27 bits per heavy atom. The molecule has 0 aliphatic heterocycles. The van der Waals surface area contributed by atoms with Gasteiger partial charge in [-0.1, -0.05) is 41.4 Å². The highest BCUT2D eigenvalue weighted by atomic mass is 35.5. The first-order valence-corrected chi connectivity index (χ1v) is 9.06. The van der Waals surface area contributed by atoms with Crippen molar-refractivity contribution < 1.29 is 9.59 Å². The fraction of sp³-hybridized carbons (Fsp3) is 0.222. The van der Waals surface area contributed by atoms with Gasteiger partial charge in [0.1, 0.15) is 0 Å². The van der Waals surface area contributed by atoms with Gasteiger partial charge in [0.2, 0.25) is 0 Å². The van der Waals surface area contributed by atoms with Crippen molar-refractivity contribution in [2.24, 2.45) is 0 Å². The quantitative estimate of drug-likeness (QED) is 0.318. The SMILES string of the molecule is CC(C)(CC(=O)c1ccccc1Cl)N(Cl)N(Cl)C(=O)c1cccc(Cl)c1. The van der Waals surface area contributed by atoms with Crippen molar-refractivity contribution in [2.45, 2.75) is 25.8 Å². The lowest BCUT2D eigenvalue weighted by atomic mass is 9.95. The molecule has 2 aromatic rings. The molecule has 4 nitrogen and oxygen atoms in total. The van der Waals surface area contributed by atoms with Crippen molar-refractivity contribution in [3.05, 3.63) is 69.7 Å². The predicted molar refractivity (Wildman–Crippen MR) is 106 cm³/mol. The molecule has 0 atom stereocenters. The van der Waals surface area contributed by atoms with E-state index in [0.29, 0.717) is 15.6 Å². The number of carbonyl (C=O) groups excluding carboxylic acids is 2. The Morgan fingerprint density at radius 1 is 1.00 bits per heavy atom. The summed E-state index contributed by atoms with van der Waals surface area (Å²) in [6.07, 6.45) is -0.00766. The van der Waals surface area contributed by atoms with Crippen molar-refractivity contribution in [3.63, 3.8) is 0 Å². The minimum absolute atomic E-state index is 0.00766. The van der Waals surface area contributed by atoms with Crippen LogP contribution in [0.15, 0.2) is 48.5 Å². The highest BCUT2D eigenvalue weighted by molar-refractivity contribution is 6.34. The van der Waals surface area contributed by atoms with Gasteiger partial charge in [-0.15, -0.1) is 4.53 Å². The summed E-state index contributed by atoms with van der Waals surface area (Å²) in [6, 6.07) is 13.0. The number of nitrogens with zero attached hydrogens (tertiary/aromatic N) is 2. The number of halogens is 4. The van der Waals surface area contributed by atoms with Crippen LogP contribution >= 0.6 is 46.8 Å². The molecule has 0 saturated carbocycles. The minimum Gasteiger partial charge on any atom is -0.294 e. The second-order valence-electron chi connectivity index (χ2n) is 6.23. The van der Waals surface area contributed by atoms with Crippen LogP contribution in [0.5, 0.6) is 0 Å². The maximum atomic E-state index is 12.6. The zero-order valence-electron chi connectivity index (χ0n) is 14.0. The van der Waals surface area contributed by atoms with Gasteiger partial charge in [-0.3, -0.25) is 9.59 Å². The average Bonchev–Trinajstić information content (AvgIpc) is 2.59. The van der Waals surface area contributed by atoms with Gasteiger partial charge >= 0.3 is 0 Å². The smallest absolute Gasteiger partial charge is 0.284 e. The van der Waals surface area contributed by atoms with E-state index >= 15 is 0 Å². The van der Waals surface area contributed by atoms with Crippen LogP contribution in [0.4, 0.5) is 0 Å². The Hall–Kier alpha value is -1.30. The maximum Gasteiger partial charge on any atom is 0.284 e. The summed E-state index contributed by atoms with van der Waals surface area (Å²) in [5, 5.41) is 0.752. The normalized spacial score (nSPS) is 11.5. The largest absolute Gasteiger partial charge is 0.294 e. The third-order valence-electron chi connectivity index (χ3n) is 3.66. The second-order valence-corrected chi connectivity index (χ2v) is 7.71. The average molecular weight is 434 g/mol. The molecule has 138 valence electrons. The van der Waals surface area contributed by atoms with Gasteiger partial charge in [-0.25, -0.2) is 0 Å². The van der Waals surface area contributed by atoms with Gasteiger partial charge in [0.25, 0.3) is 5.91 Å². The topological polar surface area (TPSA) is 40.6 Å². The number of hydrogen-bond acceptors (Lipinski definition) is 3. The zero-order valence-corrected chi connectivity index (χ0v) is 17.1. The Bertz CT molecular complexity index is 826. The van der Waals surface area contributed by atoms with Gasteiger partial charge in [0.15, 0.2) is 5.78 Å². The molecule has 0 unspecified atom stereocenters. The van der Waals surface area contributed by atoms with Crippen LogP contribution < -0.4 is 0 Å². The predicted octanol–water partition coefficient (Wildman–Crippen LogP) is 6.01. The molecule has 0 heterocycles. The Labute approximate surface area is 172 Å². The van der Waals surface area contributed by atoms with Crippen LogP contribution in [-0.2, 0) is 0 Å². The van der Waals surface area contributed by atoms with Crippen molar-refractivity contribution in [2.75, 3.05) is 0 Å². The summed E-state index contributed by atoms with van der Waals surface area (Å²) >= 11 is 24.3. The molecule has 0 aliphatic carbocycles. The number of amides is 1. The number of hydrazine groups is 1. The van der Waals surface area contributed by atoms with Crippen LogP contribution in [0.2, 0.25) is 10.0 Å². The molecule has 0 fully saturated rings. The molecule has 2 rings (SSSR count). The first-order chi connectivity index (χ1) is 12.1. The highest BCUT2D eigenvalue weighted by Crippen LogP contribution is 2.29. The van der Waals surface area contributed by atoms with E-state index in [2.05, 4.69) is 0 Å². The lowest BCUT2D eigenvalue weighted by Crippen LogP contribution is -2.48. The second kappa shape index (κ2) is 8.59. The molecule has 0 N–H and O–H groups in total. The molecule has 0 saturated heterocycles. The van der Waals surface area contributed by atoms with Crippen molar-refractivity contribution >= 4 is 58.4 Å². The molecule has 0 bridgehead atoms. The molecule has 0 spiro atoms. The fourth-order valence-electron chi connectivity index (χ4n) is 2.29. The Morgan fingerprint density at radius 2 is 1.65 bits per heavy atom. The Kier molecular flexibility index (Phi) is 6.94. The standard InChI is InChI=1S/C18H16Cl4N2O2/c1-18(2,11-16(25)14-8-3-4-9-15(14)20)24(22)23(21)17(26)12-6-5-7-13(19)10-12/h3-10H,11H2,1-2H3. The number of carbonyl (C=O) groups is 2. The van der Waals surface area contributed by atoms with Gasteiger partial charge in [0, 0.05) is 46.1 Å². The summed E-state index contributed by atoms with van der Waals surface area (Å²) in [5.74, 6) is -0.783. The summed E-state index contributed by atoms with van der Waals surface area (Å²) < 4.78 is 1.72. The number of benzene rings is 2. The molecular weight excluding hydrogens is 418 g/mol. The molecule has 8 heteroatoms. The van der Waals surface area contributed by atoms with E-state index in [1.807, 2.05) is 0 Å². The summed E-state index contributed by atoms with van der Waals surface area (Å²) in [6.45, 7) is 3.38. The fourth-order valence-corrected chi connectivity index (χ4v) is 3.15. The monoisotopic (exact) mass is 432 g/mol. The molecule has 26 heavy (non-hydrogen) atoms. The molecule has 1 amide bonds. The Balaban J connectivity index is 2.15. The number of Topliss-reactive ketones (excluding diaryl/α,β-unsaturated/α-hetero) is 1. The molecule has 0 aromatic heterocycles. The van der Waals surface area contributed by atoms with Gasteiger partial charge in [0.05, 0.1) is 10.6 Å². The highest BCUT2D eigenvalue weighted by Gasteiger charge is 2.36. The zero-order chi connectivity index (χ0) is 19.5. The first-order valence-electron chi connectivity index (χ1n) is 7.63. The van der Waals surface area contributed by atoms with E-state index in [4.69, 9.17) is 46.8 Å². The van der Waals surface area contributed by atoms with Crippen LogP contribution in [-0.4, -0.2) is 26.3 Å². The summed E-state index contributed by atoms with van der Waals surface area (Å²) in [5.41, 5.74) is -0.311. The van der Waals surface area contributed by atoms with E-state index in [1.165, 1.54) is 6.07 Å². The lowest BCUT2D eigenvalue weighted by molar-refractivity contribution is 0.0374. The van der Waals surface area contributed by atoms with Crippen LogP contribution in [0.3, 0.4) is 0 Å². The lowest BCUT2D eigenvalue weighted by Gasteiger charge is -2.35. The van der Waals surface area contributed by atoms with E-state index in [-0.39, 0.29) is 17.8 Å². The van der Waals surface area contributed by atoms with E-state index in [0.717, 1.165) is 9.06 Å². The van der Waals surface area contributed by atoms with Gasteiger partial charge < -0.3 is 0 Å². The van der Waals surface area contributed by atoms with E-state index < -0.39 is 11.4 Å². The number of rotatable bonds is 6. The van der Waals surface area contributed by atoms with Crippen molar-refractivity contribution in [3.8, 4) is 0 Å². The third-order valence-corrected chi connectivity index (χ3v) is 5.22. The minimum atomic E-state index is -0.964. The van der Waals surface area contributed by atoms with E-state index in [1.54, 1.807) is 56.3 Å². The van der Waals surface area contributed by atoms with E-state index in [9.17, 15) is 9.59 Å². The van der Waals surface area contributed by atoms with Crippen molar-refractivity contribution in [1.29, 1.82) is 0 Å². The molecular formula is C18H16Cl4N2O2. The number of hydrogen-bond donors (Lipinski definition) is 0. The number of ketones is 1. The maximum absolute atomic E-state index is 12.6. The molecule has 0 radical (unpaired) electrons. The first kappa shape index (κ1) is 21.0. The van der Waals surface area contributed by atoms with Crippen LogP contribution in [0.1, 0.15) is 41.0 Å². The van der Waals surface area contributed by atoms with Crippen molar-refractivity contribution in [1.82, 2.24) is 9.06 Å². The molecule has 0 aliphatic rings. The van der Waals surface area contributed by atoms with Gasteiger partial charge in [-0.2, -0.15) is 4.53 Å². The van der Waals surface area contributed by atoms with Crippen LogP contribution in [0.25, 0.3) is 0 Å². The summed E-state index contributed by atoms with van der Waals surface area (Å²) in [7, 11) is 0. The molecule has 2 aromatic carbocycles.